The van der Waals surface area contributed by atoms with Crippen molar-refractivity contribution in [1.29, 1.82) is 0 Å². The van der Waals surface area contributed by atoms with Gasteiger partial charge >= 0.3 is 0 Å². The van der Waals surface area contributed by atoms with E-state index in [2.05, 4.69) is 15.2 Å². The monoisotopic (exact) mass is 302 g/mol. The van der Waals surface area contributed by atoms with E-state index in [0.29, 0.717) is 24.6 Å². The van der Waals surface area contributed by atoms with E-state index in [0.717, 1.165) is 5.56 Å². The molecule has 8 nitrogen and oxygen atoms in total. The van der Waals surface area contributed by atoms with Crippen LogP contribution in [0.1, 0.15) is 19.9 Å². The van der Waals surface area contributed by atoms with Crippen molar-refractivity contribution >= 4 is 5.65 Å². The van der Waals surface area contributed by atoms with Crippen LogP contribution in [-0.2, 0) is 11.3 Å². The van der Waals surface area contributed by atoms with Gasteiger partial charge in [-0.25, -0.2) is 9.50 Å². The van der Waals surface area contributed by atoms with Gasteiger partial charge in [0, 0.05) is 31.7 Å². The van der Waals surface area contributed by atoms with Crippen molar-refractivity contribution in [3.63, 3.8) is 0 Å². The lowest BCUT2D eigenvalue weighted by atomic mass is 10.3. The standard InChI is InChI=1S/C14H18N6O2/c1-10(2)20-12(11-8-16-18(9-11)6-7-22-3)17-19-5-4-15-13(19)14(20)21/h4-5,8-10H,6-7H2,1-3H3. The zero-order valence-electron chi connectivity index (χ0n) is 12.8. The fourth-order valence-electron chi connectivity index (χ4n) is 2.35. The number of hydrogen-bond donors (Lipinski definition) is 0. The predicted octanol–water partition coefficient (Wildman–Crippen LogP) is 0.982. The zero-order chi connectivity index (χ0) is 15.7. The van der Waals surface area contributed by atoms with E-state index >= 15 is 0 Å². The first kappa shape index (κ1) is 14.5. The summed E-state index contributed by atoms with van der Waals surface area (Å²) in [7, 11) is 1.65. The van der Waals surface area contributed by atoms with Crippen LogP contribution < -0.4 is 5.56 Å². The van der Waals surface area contributed by atoms with Gasteiger partial charge in [-0.15, -0.1) is 5.10 Å². The summed E-state index contributed by atoms with van der Waals surface area (Å²) in [6.45, 7) is 5.12. The maximum absolute atomic E-state index is 12.6. The Morgan fingerprint density at radius 1 is 1.36 bits per heavy atom. The van der Waals surface area contributed by atoms with E-state index in [1.54, 1.807) is 34.9 Å². The van der Waals surface area contributed by atoms with Crippen LogP contribution in [-0.4, -0.2) is 42.7 Å². The van der Waals surface area contributed by atoms with Gasteiger partial charge in [-0.2, -0.15) is 5.10 Å². The first-order chi connectivity index (χ1) is 10.6. The van der Waals surface area contributed by atoms with Gasteiger partial charge in [0.2, 0.25) is 5.65 Å². The molecule has 0 fully saturated rings. The van der Waals surface area contributed by atoms with Crippen molar-refractivity contribution in [1.82, 2.24) is 28.9 Å². The molecule has 22 heavy (non-hydrogen) atoms. The molecule has 116 valence electrons. The lowest BCUT2D eigenvalue weighted by Crippen LogP contribution is -2.27. The largest absolute Gasteiger partial charge is 0.383 e. The number of rotatable bonds is 5. The zero-order valence-corrected chi connectivity index (χ0v) is 12.8. The fourth-order valence-corrected chi connectivity index (χ4v) is 2.35. The molecule has 8 heteroatoms. The number of nitrogens with zero attached hydrogens (tertiary/aromatic N) is 6. The highest BCUT2D eigenvalue weighted by Gasteiger charge is 2.17. The Hall–Kier alpha value is -2.48. The van der Waals surface area contributed by atoms with Gasteiger partial charge in [0.1, 0.15) is 0 Å². The van der Waals surface area contributed by atoms with E-state index in [-0.39, 0.29) is 11.6 Å². The third-order valence-corrected chi connectivity index (χ3v) is 3.39. The van der Waals surface area contributed by atoms with Crippen molar-refractivity contribution < 1.29 is 4.74 Å². The number of fused-ring (bicyclic) bond motifs is 1. The molecule has 0 saturated heterocycles. The van der Waals surface area contributed by atoms with Crippen LogP contribution in [0.15, 0.2) is 29.6 Å². The minimum atomic E-state index is -0.158. The number of ether oxygens (including phenoxy) is 1. The summed E-state index contributed by atoms with van der Waals surface area (Å²) in [4.78, 5) is 16.7. The van der Waals surface area contributed by atoms with Gasteiger partial charge in [-0.1, -0.05) is 0 Å². The first-order valence-corrected chi connectivity index (χ1v) is 7.09. The van der Waals surface area contributed by atoms with Gasteiger partial charge in [0.15, 0.2) is 5.82 Å². The van der Waals surface area contributed by atoms with Gasteiger partial charge < -0.3 is 4.74 Å². The summed E-state index contributed by atoms with van der Waals surface area (Å²) >= 11 is 0. The molecule has 0 spiro atoms. The van der Waals surface area contributed by atoms with Gasteiger partial charge in [0.05, 0.1) is 24.9 Å². The second-order valence-corrected chi connectivity index (χ2v) is 5.27. The lowest BCUT2D eigenvalue weighted by Gasteiger charge is -2.14. The molecule has 0 aromatic carbocycles. The molecule has 0 aliphatic carbocycles. The second kappa shape index (κ2) is 5.72. The van der Waals surface area contributed by atoms with Crippen LogP contribution >= 0.6 is 0 Å². The van der Waals surface area contributed by atoms with E-state index < -0.39 is 0 Å². The minimum Gasteiger partial charge on any atom is -0.383 e. The average molecular weight is 302 g/mol. The minimum absolute atomic E-state index is 0.0287. The van der Waals surface area contributed by atoms with Gasteiger partial charge in [0.25, 0.3) is 5.56 Å². The summed E-state index contributed by atoms with van der Waals surface area (Å²) in [5.74, 6) is 0.578. The molecular weight excluding hydrogens is 284 g/mol. The predicted molar refractivity (Wildman–Crippen MR) is 80.7 cm³/mol. The highest BCUT2D eigenvalue weighted by Crippen LogP contribution is 2.18. The maximum Gasteiger partial charge on any atom is 0.297 e. The summed E-state index contributed by atoms with van der Waals surface area (Å²) in [6.07, 6.45) is 6.81. The van der Waals surface area contributed by atoms with Gasteiger partial charge in [-0.05, 0) is 13.8 Å². The van der Waals surface area contributed by atoms with Crippen molar-refractivity contribution in [2.75, 3.05) is 13.7 Å². The molecule has 0 amide bonds. The summed E-state index contributed by atoms with van der Waals surface area (Å²) in [5.41, 5.74) is 0.955. The third kappa shape index (κ3) is 2.41. The number of hydrogen-bond acceptors (Lipinski definition) is 5. The Kier molecular flexibility index (Phi) is 3.76. The summed E-state index contributed by atoms with van der Waals surface area (Å²) in [6, 6.07) is -0.0287. The Morgan fingerprint density at radius 2 is 2.18 bits per heavy atom. The molecule has 3 aromatic heterocycles. The van der Waals surface area contributed by atoms with Crippen LogP contribution in [0.5, 0.6) is 0 Å². The Bertz CT molecular complexity index is 845. The van der Waals surface area contributed by atoms with Crippen molar-refractivity contribution in [3.8, 4) is 11.4 Å². The van der Waals surface area contributed by atoms with Crippen molar-refractivity contribution in [2.24, 2.45) is 0 Å². The number of methoxy groups -OCH3 is 1. The molecule has 0 aliphatic rings. The van der Waals surface area contributed by atoms with Crippen LogP contribution in [0, 0.1) is 0 Å². The Balaban J connectivity index is 2.14. The normalized spacial score (nSPS) is 11.6. The molecule has 3 aromatic rings. The molecule has 0 aliphatic heterocycles. The quantitative estimate of drug-likeness (QED) is 0.702. The highest BCUT2D eigenvalue weighted by atomic mass is 16.5. The lowest BCUT2D eigenvalue weighted by molar-refractivity contribution is 0.183. The Labute approximate surface area is 127 Å². The number of aromatic nitrogens is 6. The van der Waals surface area contributed by atoms with E-state index in [9.17, 15) is 4.79 Å². The average Bonchev–Trinajstić information content (AvgIpc) is 3.13. The van der Waals surface area contributed by atoms with Crippen LogP contribution in [0.2, 0.25) is 0 Å². The number of imidazole rings is 1. The topological polar surface area (TPSA) is 79.2 Å². The van der Waals surface area contributed by atoms with E-state index in [1.807, 2.05) is 20.0 Å². The maximum atomic E-state index is 12.6. The van der Waals surface area contributed by atoms with Crippen molar-refractivity contribution in [2.45, 2.75) is 26.4 Å². The molecular formula is C14H18N6O2. The molecule has 3 rings (SSSR count). The third-order valence-electron chi connectivity index (χ3n) is 3.39. The smallest absolute Gasteiger partial charge is 0.297 e. The van der Waals surface area contributed by atoms with Gasteiger partial charge in [-0.3, -0.25) is 14.0 Å². The summed E-state index contributed by atoms with van der Waals surface area (Å²) < 4.78 is 9.96. The second-order valence-electron chi connectivity index (χ2n) is 5.27. The molecule has 0 unspecified atom stereocenters. The molecule has 0 N–H and O–H groups in total. The SMILES string of the molecule is COCCn1cc(-c2nn3ccnc3c(=O)n2C(C)C)cn1. The van der Waals surface area contributed by atoms with E-state index in [4.69, 9.17) is 4.74 Å². The molecule has 0 bridgehead atoms. The molecule has 0 radical (unpaired) electrons. The fraction of sp³-hybridized carbons (Fsp3) is 0.429. The molecule has 3 heterocycles. The molecule has 0 saturated carbocycles. The highest BCUT2D eigenvalue weighted by molar-refractivity contribution is 5.54. The van der Waals surface area contributed by atoms with E-state index in [1.165, 1.54) is 4.52 Å². The van der Waals surface area contributed by atoms with Crippen LogP contribution in [0.25, 0.3) is 17.0 Å². The van der Waals surface area contributed by atoms with Crippen molar-refractivity contribution in [3.05, 3.63) is 35.1 Å². The van der Waals surface area contributed by atoms with Crippen LogP contribution in [0.3, 0.4) is 0 Å². The van der Waals surface area contributed by atoms with Crippen LogP contribution in [0.4, 0.5) is 0 Å². The first-order valence-electron chi connectivity index (χ1n) is 7.09. The Morgan fingerprint density at radius 3 is 2.91 bits per heavy atom. The molecule has 0 atom stereocenters. The summed E-state index contributed by atoms with van der Waals surface area (Å²) in [5, 5.41) is 8.80.